The van der Waals surface area contributed by atoms with E-state index in [1.54, 1.807) is 19.2 Å². The fraction of sp³-hybridized carbons (Fsp3) is 0.414. The van der Waals surface area contributed by atoms with Crippen molar-refractivity contribution in [3.8, 4) is 5.75 Å². The van der Waals surface area contributed by atoms with Gasteiger partial charge in [-0.25, -0.2) is 18.5 Å². The first kappa shape index (κ1) is 31.2. The van der Waals surface area contributed by atoms with Gasteiger partial charge in [-0.3, -0.25) is 4.79 Å². The molecule has 1 aromatic heterocycles. The van der Waals surface area contributed by atoms with Gasteiger partial charge in [0.25, 0.3) is 5.91 Å². The average molecular weight is 599 g/mol. The van der Waals surface area contributed by atoms with Crippen LogP contribution in [0.25, 0.3) is 0 Å². The fourth-order valence-corrected chi connectivity index (χ4v) is 4.82. The maximum Gasteiger partial charge on any atom is 0.270 e. The molecule has 42 heavy (non-hydrogen) atoms. The zero-order valence-electron chi connectivity index (χ0n) is 24.0. The topological polar surface area (TPSA) is 158 Å². The van der Waals surface area contributed by atoms with Gasteiger partial charge in [0, 0.05) is 31.9 Å². The number of nitrogens with zero attached hydrogens (tertiary/aromatic N) is 3. The lowest BCUT2D eigenvalue weighted by Gasteiger charge is -2.28. The summed E-state index contributed by atoms with van der Waals surface area (Å²) in [5.74, 6) is 1.13. The summed E-state index contributed by atoms with van der Waals surface area (Å²) < 4.78 is 40.2. The van der Waals surface area contributed by atoms with Crippen LogP contribution in [0.1, 0.15) is 47.8 Å². The van der Waals surface area contributed by atoms with Gasteiger partial charge in [-0.05, 0) is 48.4 Å². The Morgan fingerprint density at radius 1 is 1.05 bits per heavy atom. The highest BCUT2D eigenvalue weighted by Gasteiger charge is 2.24. The van der Waals surface area contributed by atoms with Crippen molar-refractivity contribution in [3.63, 3.8) is 0 Å². The number of nitrogens with one attached hydrogen (secondary N) is 2. The molecule has 0 spiro atoms. The number of benzene rings is 2. The number of rotatable bonds is 14. The van der Waals surface area contributed by atoms with E-state index in [0.29, 0.717) is 55.9 Å². The first-order valence-corrected chi connectivity index (χ1v) is 15.5. The highest BCUT2D eigenvalue weighted by Crippen LogP contribution is 2.27. The molecule has 12 nitrogen and oxygen atoms in total. The molecular formula is C29H38N6O6S. The summed E-state index contributed by atoms with van der Waals surface area (Å²) in [6.45, 7) is 5.21. The van der Waals surface area contributed by atoms with Gasteiger partial charge in [0.05, 0.1) is 37.4 Å². The summed E-state index contributed by atoms with van der Waals surface area (Å²) in [7, 11) is -2.24. The summed E-state index contributed by atoms with van der Waals surface area (Å²) >= 11 is 0. The van der Waals surface area contributed by atoms with Crippen molar-refractivity contribution < 1.29 is 27.4 Å². The molecule has 0 aliphatic carbocycles. The third kappa shape index (κ3) is 8.61. The number of morpholine rings is 1. The number of carbonyl (C=O) groups excluding carboxylic acids is 1. The molecule has 3 aromatic rings. The molecule has 1 saturated heterocycles. The summed E-state index contributed by atoms with van der Waals surface area (Å²) in [5.41, 5.74) is 2.15. The molecule has 0 bridgehead atoms. The van der Waals surface area contributed by atoms with Crippen molar-refractivity contribution in [2.75, 3.05) is 50.2 Å². The molecule has 2 heterocycles. The molecule has 0 atom stereocenters. The van der Waals surface area contributed by atoms with Crippen molar-refractivity contribution in [1.29, 1.82) is 0 Å². The Balaban J connectivity index is 1.68. The molecule has 13 heteroatoms. The molecule has 226 valence electrons. The van der Waals surface area contributed by atoms with Crippen LogP contribution >= 0.6 is 0 Å². The van der Waals surface area contributed by atoms with Crippen molar-refractivity contribution >= 4 is 33.4 Å². The fourth-order valence-electron chi connectivity index (χ4n) is 4.31. The average Bonchev–Trinajstić information content (AvgIpc) is 3.00. The number of primary sulfonamides is 1. The van der Waals surface area contributed by atoms with E-state index in [1.165, 1.54) is 12.1 Å². The third-order valence-electron chi connectivity index (χ3n) is 6.70. The molecule has 1 aliphatic heterocycles. The minimum Gasteiger partial charge on any atom is -0.497 e. The van der Waals surface area contributed by atoms with Crippen LogP contribution in [0, 0.1) is 0 Å². The van der Waals surface area contributed by atoms with Gasteiger partial charge < -0.3 is 29.7 Å². The van der Waals surface area contributed by atoms with Gasteiger partial charge >= 0.3 is 0 Å². The van der Waals surface area contributed by atoms with Gasteiger partial charge in [0.2, 0.25) is 16.0 Å². The lowest BCUT2D eigenvalue weighted by Crippen LogP contribution is -2.38. The largest absolute Gasteiger partial charge is 0.497 e. The highest BCUT2D eigenvalue weighted by molar-refractivity contribution is 7.89. The SMILES string of the molecule is CCCCCOCc1c(Nc2ccc(S(N)(=O)=O)cc2)nc(N2CCOCC2)nc1C(=O)NCc1ccc(OC)cc1. The van der Waals surface area contributed by atoms with E-state index in [0.717, 1.165) is 30.6 Å². The van der Waals surface area contributed by atoms with Crippen LogP contribution in [0.4, 0.5) is 17.5 Å². The van der Waals surface area contributed by atoms with E-state index in [-0.39, 0.29) is 29.6 Å². The Kier molecular flexibility index (Phi) is 11.1. The quantitative estimate of drug-likeness (QED) is 0.235. The molecule has 1 fully saturated rings. The molecule has 1 amide bonds. The summed E-state index contributed by atoms with van der Waals surface area (Å²) in [6.07, 6.45) is 2.98. The number of carbonyl (C=O) groups is 1. The number of ether oxygens (including phenoxy) is 3. The van der Waals surface area contributed by atoms with E-state index in [2.05, 4.69) is 17.6 Å². The first-order valence-electron chi connectivity index (χ1n) is 13.9. The Labute approximate surface area is 246 Å². The molecule has 1 aliphatic rings. The standard InChI is InChI=1S/C29H38N6O6S/c1-3-4-5-16-41-20-25-26(28(36)31-19-21-6-10-23(39-2)11-7-21)33-29(35-14-17-40-18-15-35)34-27(25)32-22-8-12-24(13-9-22)42(30,37)38/h6-13H,3-5,14-20H2,1-2H3,(H,31,36)(H2,30,37,38)(H,32,33,34). The van der Waals surface area contributed by atoms with Gasteiger partial charge in [0.1, 0.15) is 17.3 Å². The molecule has 4 rings (SSSR count). The lowest BCUT2D eigenvalue weighted by atomic mass is 10.1. The third-order valence-corrected chi connectivity index (χ3v) is 7.63. The Morgan fingerprint density at radius 2 is 1.76 bits per heavy atom. The minimum absolute atomic E-state index is 0.0113. The van der Waals surface area contributed by atoms with E-state index in [1.807, 2.05) is 29.2 Å². The predicted molar refractivity (Wildman–Crippen MR) is 160 cm³/mol. The number of nitrogens with two attached hydrogens (primary N) is 1. The van der Waals surface area contributed by atoms with Gasteiger partial charge in [-0.1, -0.05) is 31.9 Å². The van der Waals surface area contributed by atoms with Gasteiger partial charge in [0.15, 0.2) is 0 Å². The number of methoxy groups -OCH3 is 1. The summed E-state index contributed by atoms with van der Waals surface area (Å²) in [6, 6.07) is 13.4. The summed E-state index contributed by atoms with van der Waals surface area (Å²) in [4.78, 5) is 25.1. The number of aromatic nitrogens is 2. The smallest absolute Gasteiger partial charge is 0.270 e. The molecule has 0 radical (unpaired) electrons. The predicted octanol–water partition coefficient (Wildman–Crippen LogP) is 3.35. The van der Waals surface area contributed by atoms with Crippen LogP contribution in [0.2, 0.25) is 0 Å². The first-order chi connectivity index (χ1) is 20.3. The van der Waals surface area contributed by atoms with Crippen LogP contribution in [0.15, 0.2) is 53.4 Å². The van der Waals surface area contributed by atoms with E-state index in [9.17, 15) is 13.2 Å². The second-order valence-electron chi connectivity index (χ2n) is 9.78. The molecular weight excluding hydrogens is 560 g/mol. The van der Waals surface area contributed by atoms with Crippen LogP contribution in [0.5, 0.6) is 5.75 Å². The Hall–Kier alpha value is -3.78. The molecule has 0 unspecified atom stereocenters. The maximum absolute atomic E-state index is 13.7. The van der Waals surface area contributed by atoms with Gasteiger partial charge in [-0.2, -0.15) is 4.98 Å². The Bertz CT molecular complexity index is 1430. The normalized spacial score (nSPS) is 13.5. The van der Waals surface area contributed by atoms with Crippen LogP contribution in [-0.4, -0.2) is 64.3 Å². The number of sulfonamides is 1. The maximum atomic E-state index is 13.7. The van der Waals surface area contributed by atoms with Crippen molar-refractivity contribution in [2.24, 2.45) is 5.14 Å². The monoisotopic (exact) mass is 598 g/mol. The highest BCUT2D eigenvalue weighted by atomic mass is 32.2. The van der Waals surface area contributed by atoms with Crippen LogP contribution in [0.3, 0.4) is 0 Å². The molecule has 0 saturated carbocycles. The van der Waals surface area contributed by atoms with Gasteiger partial charge in [-0.15, -0.1) is 0 Å². The number of anilines is 3. The number of hydrogen-bond acceptors (Lipinski definition) is 10. The van der Waals surface area contributed by atoms with Crippen molar-refractivity contribution in [1.82, 2.24) is 15.3 Å². The second-order valence-corrected chi connectivity index (χ2v) is 11.3. The van der Waals surface area contributed by atoms with E-state index < -0.39 is 10.0 Å². The molecule has 2 aromatic carbocycles. The zero-order valence-corrected chi connectivity index (χ0v) is 24.8. The van der Waals surface area contributed by atoms with E-state index >= 15 is 0 Å². The Morgan fingerprint density at radius 3 is 2.40 bits per heavy atom. The van der Waals surface area contributed by atoms with Crippen molar-refractivity contribution in [3.05, 3.63) is 65.4 Å². The van der Waals surface area contributed by atoms with Crippen LogP contribution < -0.4 is 25.4 Å². The zero-order chi connectivity index (χ0) is 30.0. The summed E-state index contributed by atoms with van der Waals surface area (Å²) in [5, 5.41) is 11.5. The number of unbranched alkanes of at least 4 members (excludes halogenated alkanes) is 2. The van der Waals surface area contributed by atoms with Crippen molar-refractivity contribution in [2.45, 2.75) is 44.2 Å². The molecule has 4 N–H and O–H groups in total. The number of amides is 1. The lowest BCUT2D eigenvalue weighted by molar-refractivity contribution is 0.0928. The number of hydrogen-bond donors (Lipinski definition) is 3. The van der Waals surface area contributed by atoms with Crippen LogP contribution in [-0.2, 0) is 32.6 Å². The minimum atomic E-state index is -3.84. The second kappa shape index (κ2) is 14.9. The van der Waals surface area contributed by atoms with E-state index in [4.69, 9.17) is 29.3 Å².